The molecule has 0 amide bonds. The minimum atomic E-state index is -1.24. The van der Waals surface area contributed by atoms with Crippen LogP contribution in [0, 0.1) is 0 Å². The van der Waals surface area contributed by atoms with E-state index in [0.717, 1.165) is 0 Å². The van der Waals surface area contributed by atoms with Crippen molar-refractivity contribution < 1.29 is 14.4 Å². The van der Waals surface area contributed by atoms with Gasteiger partial charge in [-0.15, -0.1) is 0 Å². The molecule has 0 aliphatic heterocycles. The largest absolute Gasteiger partial charge is 0.474 e. The average molecular weight is 257 g/mol. The van der Waals surface area contributed by atoms with Gasteiger partial charge in [0.1, 0.15) is 0 Å². The molecule has 2 rings (SSSR count). The molecule has 0 aromatic carbocycles. The summed E-state index contributed by atoms with van der Waals surface area (Å²) in [5, 5.41) is 16.8. The molecule has 0 bridgehead atoms. The summed E-state index contributed by atoms with van der Waals surface area (Å²) in [5.74, 6) is -1.44. The van der Waals surface area contributed by atoms with Gasteiger partial charge in [-0.05, 0) is 0 Å². The molecule has 0 saturated carbocycles. The molecule has 1 unspecified atom stereocenters. The summed E-state index contributed by atoms with van der Waals surface area (Å²) in [4.78, 5) is 14.3. The Morgan fingerprint density at radius 1 is 1.71 bits per heavy atom. The first-order valence-corrected chi connectivity index (χ1v) is 5.19. The lowest BCUT2D eigenvalue weighted by Gasteiger charge is -2.05. The second-order valence-electron chi connectivity index (χ2n) is 3.54. The van der Waals surface area contributed by atoms with E-state index in [-0.39, 0.29) is 5.92 Å². The van der Waals surface area contributed by atoms with Crippen LogP contribution >= 0.6 is 11.6 Å². The van der Waals surface area contributed by atoms with Crippen molar-refractivity contribution in [2.75, 3.05) is 0 Å². The highest BCUT2D eigenvalue weighted by atomic mass is 35.5. The van der Waals surface area contributed by atoms with Crippen LogP contribution in [0.25, 0.3) is 0 Å². The lowest BCUT2D eigenvalue weighted by atomic mass is 10.2. The van der Waals surface area contributed by atoms with Crippen LogP contribution in [0.1, 0.15) is 29.4 Å². The van der Waals surface area contributed by atoms with Crippen LogP contribution in [0.3, 0.4) is 0 Å². The zero-order valence-electron chi connectivity index (χ0n) is 8.87. The molecule has 2 aromatic heterocycles. The maximum atomic E-state index is 10.6. The topological polar surface area (TPSA) is 94.0 Å². The number of carboxylic acids is 1. The zero-order valence-corrected chi connectivity index (χ0v) is 9.63. The first-order chi connectivity index (χ1) is 8.06. The summed E-state index contributed by atoms with van der Waals surface area (Å²) in [6.07, 6.45) is 3.18. The van der Waals surface area contributed by atoms with Gasteiger partial charge in [0.25, 0.3) is 0 Å². The van der Waals surface area contributed by atoms with Gasteiger partial charge in [-0.3, -0.25) is 4.68 Å². The number of carboxylic acid groups (broad SMARTS) is 1. The van der Waals surface area contributed by atoms with Crippen molar-refractivity contribution in [2.45, 2.75) is 19.4 Å². The van der Waals surface area contributed by atoms with E-state index in [1.54, 1.807) is 10.9 Å². The Kier molecular flexibility index (Phi) is 3.10. The quantitative estimate of drug-likeness (QED) is 0.889. The molecule has 0 radical (unpaired) electrons. The number of nitrogens with zero attached hydrogens (tertiary/aromatic N) is 4. The van der Waals surface area contributed by atoms with E-state index in [4.69, 9.17) is 16.7 Å². The summed E-state index contributed by atoms with van der Waals surface area (Å²) < 4.78 is 6.20. The van der Waals surface area contributed by atoms with Crippen LogP contribution in [0.4, 0.5) is 0 Å². The van der Waals surface area contributed by atoms with Crippen molar-refractivity contribution in [3.63, 3.8) is 0 Å². The third-order valence-electron chi connectivity index (χ3n) is 2.13. The Balaban J connectivity index is 2.08. The van der Waals surface area contributed by atoms with Crippen molar-refractivity contribution in [3.05, 3.63) is 29.1 Å². The van der Waals surface area contributed by atoms with Gasteiger partial charge in [0, 0.05) is 12.1 Å². The molecule has 1 N–H and O–H groups in total. The number of aromatic carboxylic acids is 1. The maximum absolute atomic E-state index is 10.6. The normalized spacial score (nSPS) is 12.6. The molecule has 90 valence electrons. The summed E-state index contributed by atoms with van der Waals surface area (Å²) in [5.41, 5.74) is 0. The fraction of sp³-hybridized carbons (Fsp3) is 0.333. The fourth-order valence-corrected chi connectivity index (χ4v) is 1.48. The van der Waals surface area contributed by atoms with E-state index in [1.165, 1.54) is 6.20 Å². The van der Waals surface area contributed by atoms with Crippen molar-refractivity contribution in [2.24, 2.45) is 0 Å². The monoisotopic (exact) mass is 256 g/mol. The van der Waals surface area contributed by atoms with Gasteiger partial charge in [-0.2, -0.15) is 10.1 Å². The Hall–Kier alpha value is -1.89. The number of rotatable bonds is 4. The van der Waals surface area contributed by atoms with Crippen molar-refractivity contribution in [3.8, 4) is 0 Å². The van der Waals surface area contributed by atoms with E-state index in [0.29, 0.717) is 17.4 Å². The molecule has 2 heterocycles. The Morgan fingerprint density at radius 3 is 3.00 bits per heavy atom. The standard InChI is InChI=1S/C9H9ClN4O3/c1-5(3-14-4-6(10)2-11-14)7-12-8(9(15)16)17-13-7/h2,4-5H,3H2,1H3,(H,15,16). The van der Waals surface area contributed by atoms with Gasteiger partial charge in [0.05, 0.1) is 17.8 Å². The molecule has 2 aromatic rings. The lowest BCUT2D eigenvalue weighted by molar-refractivity contribution is 0.0643. The molecule has 1 atom stereocenters. The molecule has 8 heteroatoms. The first kappa shape index (κ1) is 11.6. The number of hydrogen-bond donors (Lipinski definition) is 1. The molecule has 0 aliphatic rings. The van der Waals surface area contributed by atoms with Crippen LogP contribution in [0.5, 0.6) is 0 Å². The lowest BCUT2D eigenvalue weighted by Crippen LogP contribution is -2.08. The Labute approximate surface area is 101 Å². The van der Waals surface area contributed by atoms with E-state index in [1.807, 2.05) is 6.92 Å². The predicted molar refractivity (Wildman–Crippen MR) is 56.9 cm³/mol. The molecule has 0 aliphatic carbocycles. The summed E-state index contributed by atoms with van der Waals surface area (Å²) in [6.45, 7) is 2.33. The van der Waals surface area contributed by atoms with Crippen LogP contribution in [-0.2, 0) is 6.54 Å². The van der Waals surface area contributed by atoms with Crippen LogP contribution in [0.15, 0.2) is 16.9 Å². The van der Waals surface area contributed by atoms with Crippen LogP contribution in [-0.4, -0.2) is 31.0 Å². The molecule has 17 heavy (non-hydrogen) atoms. The molecule has 7 nitrogen and oxygen atoms in total. The van der Waals surface area contributed by atoms with Gasteiger partial charge in [0.2, 0.25) is 0 Å². The number of hydrogen-bond acceptors (Lipinski definition) is 5. The number of aromatic nitrogens is 4. The Bertz CT molecular complexity index is 536. The van der Waals surface area contributed by atoms with E-state index >= 15 is 0 Å². The minimum absolute atomic E-state index is 0.122. The summed E-state index contributed by atoms with van der Waals surface area (Å²) >= 11 is 5.72. The molecular formula is C9H9ClN4O3. The average Bonchev–Trinajstić information content (AvgIpc) is 2.86. The zero-order chi connectivity index (χ0) is 12.4. The number of halogens is 1. The third-order valence-corrected chi connectivity index (χ3v) is 2.32. The fourth-order valence-electron chi connectivity index (χ4n) is 1.32. The van der Waals surface area contributed by atoms with Crippen molar-refractivity contribution >= 4 is 17.6 Å². The highest BCUT2D eigenvalue weighted by Crippen LogP contribution is 2.15. The highest BCUT2D eigenvalue weighted by Gasteiger charge is 2.18. The highest BCUT2D eigenvalue weighted by molar-refractivity contribution is 6.30. The van der Waals surface area contributed by atoms with Gasteiger partial charge >= 0.3 is 11.9 Å². The van der Waals surface area contributed by atoms with Crippen molar-refractivity contribution in [1.82, 2.24) is 19.9 Å². The van der Waals surface area contributed by atoms with E-state index < -0.39 is 11.9 Å². The predicted octanol–water partition coefficient (Wildman–Crippen LogP) is 1.42. The van der Waals surface area contributed by atoms with Gasteiger partial charge in [-0.25, -0.2) is 4.79 Å². The second-order valence-corrected chi connectivity index (χ2v) is 3.98. The minimum Gasteiger partial charge on any atom is -0.474 e. The number of carbonyl (C=O) groups is 1. The molecule has 0 fully saturated rings. The summed E-state index contributed by atoms with van der Waals surface area (Å²) in [7, 11) is 0. The van der Waals surface area contributed by atoms with Gasteiger partial charge in [0.15, 0.2) is 5.82 Å². The second kappa shape index (κ2) is 4.54. The van der Waals surface area contributed by atoms with E-state index in [2.05, 4.69) is 19.8 Å². The molecule has 0 spiro atoms. The third kappa shape index (κ3) is 2.62. The van der Waals surface area contributed by atoms with Crippen LogP contribution < -0.4 is 0 Å². The molecular weight excluding hydrogens is 248 g/mol. The van der Waals surface area contributed by atoms with Gasteiger partial charge in [-0.1, -0.05) is 23.7 Å². The van der Waals surface area contributed by atoms with Crippen molar-refractivity contribution in [1.29, 1.82) is 0 Å². The first-order valence-electron chi connectivity index (χ1n) is 4.81. The van der Waals surface area contributed by atoms with Gasteiger partial charge < -0.3 is 9.63 Å². The Morgan fingerprint density at radius 2 is 2.47 bits per heavy atom. The SMILES string of the molecule is CC(Cn1cc(Cl)cn1)c1noc(C(=O)O)n1. The van der Waals surface area contributed by atoms with E-state index in [9.17, 15) is 4.79 Å². The maximum Gasteiger partial charge on any atom is 0.394 e. The van der Waals surface area contributed by atoms with Crippen LogP contribution in [0.2, 0.25) is 5.02 Å². The smallest absolute Gasteiger partial charge is 0.394 e. The molecule has 0 saturated heterocycles. The summed E-state index contributed by atoms with van der Waals surface area (Å²) in [6, 6.07) is 0.